The lowest BCUT2D eigenvalue weighted by molar-refractivity contribution is -0.120. The summed E-state index contributed by atoms with van der Waals surface area (Å²) in [7, 11) is 0. The minimum atomic E-state index is -0.426. The van der Waals surface area contributed by atoms with Crippen molar-refractivity contribution in [3.05, 3.63) is 110 Å². The number of aromatic nitrogens is 2. The molecule has 180 valence electrons. The zero-order valence-corrected chi connectivity index (χ0v) is 20.4. The third kappa shape index (κ3) is 5.72. The summed E-state index contributed by atoms with van der Waals surface area (Å²) in [5.41, 5.74) is 1.95. The molecular formula is C28H28ClN3O3. The minimum absolute atomic E-state index is 0.0398. The summed E-state index contributed by atoms with van der Waals surface area (Å²) in [6.45, 7) is 3.09. The van der Waals surface area contributed by atoms with Gasteiger partial charge in [-0.1, -0.05) is 67.8 Å². The summed E-state index contributed by atoms with van der Waals surface area (Å²) >= 11 is 6.01. The summed E-state index contributed by atoms with van der Waals surface area (Å²) in [5, 5.41) is 4.00. The molecule has 1 amide bonds. The normalized spacial score (nSPS) is 11.0. The van der Waals surface area contributed by atoms with Crippen LogP contribution < -0.4 is 16.6 Å². The number of hydrogen-bond acceptors (Lipinski definition) is 3. The average Bonchev–Trinajstić information content (AvgIpc) is 2.87. The molecule has 0 aliphatic rings. The van der Waals surface area contributed by atoms with Crippen molar-refractivity contribution in [2.24, 2.45) is 0 Å². The summed E-state index contributed by atoms with van der Waals surface area (Å²) in [5.74, 6) is -0.0398. The van der Waals surface area contributed by atoms with Crippen LogP contribution in [0.25, 0.3) is 16.6 Å². The van der Waals surface area contributed by atoms with Crippen LogP contribution >= 0.6 is 11.6 Å². The minimum Gasteiger partial charge on any atom is -0.356 e. The van der Waals surface area contributed by atoms with Gasteiger partial charge in [0.1, 0.15) is 0 Å². The zero-order valence-electron chi connectivity index (χ0n) is 19.7. The number of carbonyl (C=O) groups is 1. The molecule has 0 radical (unpaired) electrons. The third-order valence-electron chi connectivity index (χ3n) is 5.97. The van der Waals surface area contributed by atoms with E-state index < -0.39 is 5.69 Å². The maximum atomic E-state index is 13.5. The second-order valence-electron chi connectivity index (χ2n) is 8.55. The molecule has 0 aliphatic heterocycles. The fourth-order valence-corrected chi connectivity index (χ4v) is 4.21. The molecule has 1 heterocycles. The lowest BCUT2D eigenvalue weighted by atomic mass is 10.1. The first-order valence-electron chi connectivity index (χ1n) is 11.8. The van der Waals surface area contributed by atoms with Crippen molar-refractivity contribution in [3.63, 3.8) is 0 Å². The van der Waals surface area contributed by atoms with Gasteiger partial charge < -0.3 is 5.32 Å². The van der Waals surface area contributed by atoms with Gasteiger partial charge in [0.25, 0.3) is 5.56 Å². The van der Waals surface area contributed by atoms with Gasteiger partial charge in [-0.05, 0) is 53.9 Å². The monoisotopic (exact) mass is 489 g/mol. The highest BCUT2D eigenvalue weighted by Crippen LogP contribution is 2.15. The first kappa shape index (κ1) is 24.5. The summed E-state index contributed by atoms with van der Waals surface area (Å²) in [4.78, 5) is 39.0. The first-order valence-corrected chi connectivity index (χ1v) is 12.2. The molecule has 0 fully saturated rings. The third-order valence-corrected chi connectivity index (χ3v) is 6.22. The molecule has 35 heavy (non-hydrogen) atoms. The van der Waals surface area contributed by atoms with Gasteiger partial charge >= 0.3 is 5.69 Å². The van der Waals surface area contributed by atoms with Crippen molar-refractivity contribution in [2.45, 2.75) is 39.2 Å². The Bertz CT molecular complexity index is 1440. The number of para-hydroxylation sites is 1. The Kier molecular flexibility index (Phi) is 7.83. The molecular weight excluding hydrogens is 462 g/mol. The van der Waals surface area contributed by atoms with Crippen LogP contribution in [0.2, 0.25) is 5.02 Å². The fourth-order valence-electron chi connectivity index (χ4n) is 4.09. The van der Waals surface area contributed by atoms with Gasteiger partial charge in [-0.2, -0.15) is 0 Å². The van der Waals surface area contributed by atoms with Crippen LogP contribution in [0.4, 0.5) is 0 Å². The summed E-state index contributed by atoms with van der Waals surface area (Å²) in [6.07, 6.45) is 3.41. The van der Waals surface area contributed by atoms with E-state index in [2.05, 4.69) is 12.2 Å². The molecule has 0 saturated heterocycles. The molecule has 0 atom stereocenters. The van der Waals surface area contributed by atoms with Crippen molar-refractivity contribution in [2.75, 3.05) is 6.54 Å². The lowest BCUT2D eigenvalue weighted by Crippen LogP contribution is -2.39. The van der Waals surface area contributed by atoms with E-state index in [0.29, 0.717) is 34.7 Å². The number of halogens is 1. The van der Waals surface area contributed by atoms with Crippen LogP contribution in [0.15, 0.2) is 82.4 Å². The van der Waals surface area contributed by atoms with Crippen LogP contribution in [-0.4, -0.2) is 21.6 Å². The predicted molar refractivity (Wildman–Crippen MR) is 141 cm³/mol. The predicted octanol–water partition coefficient (Wildman–Crippen LogP) is 4.70. The van der Waals surface area contributed by atoms with Crippen LogP contribution in [0.3, 0.4) is 0 Å². The number of hydrogen-bond donors (Lipinski definition) is 1. The molecule has 1 aromatic heterocycles. The summed E-state index contributed by atoms with van der Waals surface area (Å²) < 4.78 is 2.78. The molecule has 0 unspecified atom stereocenters. The Morgan fingerprint density at radius 3 is 2.29 bits per heavy atom. The molecule has 3 aromatic carbocycles. The Hall–Kier alpha value is -3.64. The molecule has 0 spiro atoms. The van der Waals surface area contributed by atoms with Gasteiger partial charge in [-0.3, -0.25) is 14.2 Å². The van der Waals surface area contributed by atoms with E-state index in [9.17, 15) is 14.4 Å². The lowest BCUT2D eigenvalue weighted by Gasteiger charge is -2.15. The second-order valence-corrected chi connectivity index (χ2v) is 8.99. The van der Waals surface area contributed by atoms with Crippen LogP contribution in [0, 0.1) is 0 Å². The van der Waals surface area contributed by atoms with E-state index in [1.54, 1.807) is 59.2 Å². The van der Waals surface area contributed by atoms with Crippen LogP contribution in [0.1, 0.15) is 37.3 Å². The number of fused-ring (bicyclic) bond motifs is 1. The number of unbranched alkanes of at least 4 members (excludes halogenated alkanes) is 2. The Balaban J connectivity index is 1.66. The Morgan fingerprint density at radius 1 is 0.886 bits per heavy atom. The highest BCUT2D eigenvalue weighted by molar-refractivity contribution is 6.30. The molecule has 4 aromatic rings. The van der Waals surface area contributed by atoms with E-state index in [1.807, 2.05) is 18.2 Å². The number of nitrogens with zero attached hydrogens (tertiary/aromatic N) is 2. The topological polar surface area (TPSA) is 73.1 Å². The average molecular weight is 490 g/mol. The molecule has 0 aliphatic carbocycles. The summed E-state index contributed by atoms with van der Waals surface area (Å²) in [6, 6.07) is 21.4. The van der Waals surface area contributed by atoms with Crippen molar-refractivity contribution < 1.29 is 4.79 Å². The van der Waals surface area contributed by atoms with Crippen molar-refractivity contribution >= 4 is 28.4 Å². The van der Waals surface area contributed by atoms with Crippen LogP contribution in [0.5, 0.6) is 0 Å². The molecule has 7 heteroatoms. The van der Waals surface area contributed by atoms with Crippen molar-refractivity contribution in [1.82, 2.24) is 14.5 Å². The highest BCUT2D eigenvalue weighted by Gasteiger charge is 2.15. The number of amides is 1. The van der Waals surface area contributed by atoms with E-state index in [4.69, 9.17) is 11.6 Å². The first-order chi connectivity index (χ1) is 17.0. The maximum absolute atomic E-state index is 13.5. The van der Waals surface area contributed by atoms with Gasteiger partial charge in [0.05, 0.1) is 29.6 Å². The second kappa shape index (κ2) is 11.2. The number of benzene rings is 3. The Labute approximate surface area is 208 Å². The molecule has 6 nitrogen and oxygen atoms in total. The van der Waals surface area contributed by atoms with Gasteiger partial charge in [0.15, 0.2) is 0 Å². The van der Waals surface area contributed by atoms with E-state index in [0.717, 1.165) is 30.4 Å². The molecule has 0 saturated carbocycles. The van der Waals surface area contributed by atoms with E-state index >= 15 is 0 Å². The molecule has 0 bridgehead atoms. The molecule has 4 rings (SSSR count). The van der Waals surface area contributed by atoms with Gasteiger partial charge in [-0.25, -0.2) is 9.36 Å². The largest absolute Gasteiger partial charge is 0.356 e. The van der Waals surface area contributed by atoms with Crippen LogP contribution in [-0.2, 0) is 17.8 Å². The fraction of sp³-hybridized carbons (Fsp3) is 0.250. The SMILES string of the molecule is CCCCCNC(=O)Cc1ccc(-n2c(=O)c3ccccc3n(Cc3ccc(Cl)cc3)c2=O)cc1. The van der Waals surface area contributed by atoms with E-state index in [1.165, 1.54) is 4.57 Å². The van der Waals surface area contributed by atoms with Crippen molar-refractivity contribution in [1.29, 1.82) is 0 Å². The number of rotatable bonds is 9. The number of nitrogens with one attached hydrogen (secondary N) is 1. The van der Waals surface area contributed by atoms with Gasteiger partial charge in [-0.15, -0.1) is 0 Å². The van der Waals surface area contributed by atoms with E-state index in [-0.39, 0.29) is 17.9 Å². The van der Waals surface area contributed by atoms with Gasteiger partial charge in [0.2, 0.25) is 5.91 Å². The highest BCUT2D eigenvalue weighted by atomic mass is 35.5. The van der Waals surface area contributed by atoms with Crippen molar-refractivity contribution in [3.8, 4) is 5.69 Å². The number of carbonyl (C=O) groups excluding carboxylic acids is 1. The zero-order chi connectivity index (χ0) is 24.8. The quantitative estimate of drug-likeness (QED) is 0.346. The smallest absolute Gasteiger partial charge is 0.336 e. The van der Waals surface area contributed by atoms with Gasteiger partial charge in [0, 0.05) is 11.6 Å². The maximum Gasteiger partial charge on any atom is 0.336 e. The standard InChI is InChI=1S/C28H28ClN3O3/c1-2-3-6-17-30-26(33)18-20-11-15-23(16-12-20)32-27(34)24-7-4-5-8-25(24)31(28(32)35)19-21-9-13-22(29)14-10-21/h4-5,7-16H,2-3,6,17-19H2,1H3,(H,30,33). The molecule has 1 N–H and O–H groups in total. The Morgan fingerprint density at radius 2 is 1.57 bits per heavy atom.